The normalized spacial score (nSPS) is 14.7. The van der Waals surface area contributed by atoms with Gasteiger partial charge in [0.05, 0.1) is 6.10 Å². The molecule has 0 spiro atoms. The van der Waals surface area contributed by atoms with Crippen molar-refractivity contribution < 1.29 is 37.4 Å². The number of nitrogens with one attached hydrogen (secondary N) is 1. The third-order valence-corrected chi connectivity index (χ3v) is 2.67. The molecule has 1 radical (unpaired) electrons. The second-order valence-corrected chi connectivity index (χ2v) is 5.63. The van der Waals surface area contributed by atoms with E-state index in [0.29, 0.717) is 12.6 Å². The van der Waals surface area contributed by atoms with Gasteiger partial charge in [0.25, 0.3) is 0 Å². The zero-order valence-electron chi connectivity index (χ0n) is 13.3. The summed E-state index contributed by atoms with van der Waals surface area (Å²) in [5.41, 5.74) is 6.88. The summed E-state index contributed by atoms with van der Waals surface area (Å²) in [6.07, 6.45) is 5.92. The second kappa shape index (κ2) is 15.4. The van der Waals surface area contributed by atoms with Crippen molar-refractivity contribution in [3.8, 4) is 0 Å². The van der Waals surface area contributed by atoms with E-state index in [0.717, 1.165) is 31.8 Å². The fraction of sp³-hybridized carbons (Fsp3) is 0.933. The Balaban J connectivity index is 0. The Kier molecular flexibility index (Phi) is 18.0. The van der Waals surface area contributed by atoms with Crippen molar-refractivity contribution in [3.63, 3.8) is 0 Å². The van der Waals surface area contributed by atoms with E-state index >= 15 is 0 Å². The Hall–Kier alpha value is 0.984. The Labute approximate surface area is 145 Å². The summed E-state index contributed by atoms with van der Waals surface area (Å²) >= 11 is 0. The molecule has 1 rings (SSSR count). The summed E-state index contributed by atoms with van der Waals surface area (Å²) in [6, 6.07) is 0. The topological polar surface area (TPSA) is 36.3 Å². The van der Waals surface area contributed by atoms with Crippen LogP contribution in [0.3, 0.4) is 0 Å². The molecule has 4 heteroatoms. The zero-order chi connectivity index (χ0) is 13.8. The monoisotopic (exact) mass is 345 g/mol. The third kappa shape index (κ3) is 16.9. The standard InChI is InChI=1S/C8H18NO.C7H14N.Y/c1-8(2)10-7-5-3-4-6-9;1-7(2)6-8-4-3-5-8;/h8-9H,3-7H2,1-2H3;3,7H,4-6H2,1-2H3;/q2*-1;. The van der Waals surface area contributed by atoms with E-state index in [2.05, 4.69) is 25.2 Å². The molecule has 0 aromatic carbocycles. The first-order valence-corrected chi connectivity index (χ1v) is 7.36. The Morgan fingerprint density at radius 1 is 1.11 bits per heavy atom. The molecule has 0 amide bonds. The minimum Gasteiger partial charge on any atom is -0.677 e. The van der Waals surface area contributed by atoms with Crippen LogP contribution in [-0.4, -0.2) is 43.8 Å². The average Bonchev–Trinajstić information content (AvgIpc) is 2.24. The molecule has 1 saturated heterocycles. The Bertz CT molecular complexity index is 174. The van der Waals surface area contributed by atoms with Gasteiger partial charge in [-0.15, -0.1) is 13.1 Å². The average molecular weight is 345 g/mol. The van der Waals surface area contributed by atoms with Gasteiger partial charge in [0.15, 0.2) is 0 Å². The van der Waals surface area contributed by atoms with E-state index in [9.17, 15) is 0 Å². The maximum Gasteiger partial charge on any atom is 0.0518 e. The van der Waals surface area contributed by atoms with Crippen LogP contribution in [0.1, 0.15) is 47.0 Å². The minimum absolute atomic E-state index is 0. The molecule has 0 aliphatic carbocycles. The third-order valence-electron chi connectivity index (χ3n) is 2.67. The van der Waals surface area contributed by atoms with Gasteiger partial charge >= 0.3 is 0 Å². The van der Waals surface area contributed by atoms with Gasteiger partial charge in [-0.25, -0.2) is 0 Å². The molecule has 0 unspecified atom stereocenters. The maximum absolute atomic E-state index is 6.88. The molecule has 3 nitrogen and oxygen atoms in total. The van der Waals surface area contributed by atoms with Crippen LogP contribution in [0, 0.1) is 12.3 Å². The largest absolute Gasteiger partial charge is 0.677 e. The molecule has 0 bridgehead atoms. The molecule has 19 heavy (non-hydrogen) atoms. The van der Waals surface area contributed by atoms with Crippen molar-refractivity contribution in [2.45, 2.75) is 53.1 Å². The van der Waals surface area contributed by atoms with Crippen molar-refractivity contribution in [1.29, 1.82) is 0 Å². The molecule has 0 aromatic rings. The molecule has 1 aliphatic heterocycles. The van der Waals surface area contributed by atoms with Gasteiger partial charge < -0.3 is 21.8 Å². The number of nitrogens with zero attached hydrogens (tertiary/aromatic N) is 1. The predicted octanol–water partition coefficient (Wildman–Crippen LogP) is 3.79. The van der Waals surface area contributed by atoms with Gasteiger partial charge in [-0.1, -0.05) is 26.7 Å². The van der Waals surface area contributed by atoms with E-state index in [1.165, 1.54) is 19.6 Å². The number of ether oxygens (including phenoxy) is 1. The summed E-state index contributed by atoms with van der Waals surface area (Å²) in [6.45, 7) is 13.7. The molecule has 0 aromatic heterocycles. The van der Waals surface area contributed by atoms with Gasteiger partial charge in [0.1, 0.15) is 0 Å². The second-order valence-electron chi connectivity index (χ2n) is 5.63. The van der Waals surface area contributed by atoms with Crippen LogP contribution in [0.5, 0.6) is 0 Å². The quantitative estimate of drug-likeness (QED) is 0.496. The summed E-state index contributed by atoms with van der Waals surface area (Å²) in [5.74, 6) is 0.837. The zero-order valence-corrected chi connectivity index (χ0v) is 16.2. The molecule has 0 saturated carbocycles. The first-order chi connectivity index (χ1) is 8.56. The van der Waals surface area contributed by atoms with Gasteiger partial charge in [0, 0.05) is 39.3 Å². The summed E-state index contributed by atoms with van der Waals surface area (Å²) in [4.78, 5) is 2.45. The van der Waals surface area contributed by atoms with E-state index in [4.69, 9.17) is 10.5 Å². The van der Waals surface area contributed by atoms with E-state index < -0.39 is 0 Å². The number of hydrogen-bond donors (Lipinski definition) is 0. The van der Waals surface area contributed by atoms with Crippen molar-refractivity contribution >= 4 is 0 Å². The molecule has 1 heterocycles. The first kappa shape index (κ1) is 22.3. The molecule has 113 valence electrons. The minimum atomic E-state index is 0. The van der Waals surface area contributed by atoms with Crippen LogP contribution >= 0.6 is 0 Å². The van der Waals surface area contributed by atoms with Gasteiger partial charge in [0.2, 0.25) is 0 Å². The molecular formula is C15H32N2OY-2. The van der Waals surface area contributed by atoms with Crippen molar-refractivity contribution in [3.05, 3.63) is 12.2 Å². The van der Waals surface area contributed by atoms with Crippen LogP contribution in [0.4, 0.5) is 0 Å². The van der Waals surface area contributed by atoms with Crippen LogP contribution in [0.15, 0.2) is 0 Å². The molecular weight excluding hydrogens is 313 g/mol. The molecule has 1 N–H and O–H groups in total. The number of rotatable bonds is 8. The van der Waals surface area contributed by atoms with Crippen LogP contribution in [-0.2, 0) is 37.4 Å². The summed E-state index contributed by atoms with van der Waals surface area (Å²) in [7, 11) is 0. The van der Waals surface area contributed by atoms with Crippen LogP contribution < -0.4 is 0 Å². The number of unbranched alkanes of at least 4 members (excludes halogenated alkanes) is 2. The summed E-state index contributed by atoms with van der Waals surface area (Å²) in [5, 5.41) is 0. The van der Waals surface area contributed by atoms with Gasteiger partial charge in [-0.3, -0.25) is 0 Å². The van der Waals surface area contributed by atoms with Gasteiger partial charge in [-0.05, 0) is 32.7 Å². The Morgan fingerprint density at radius 3 is 2.05 bits per heavy atom. The smallest absolute Gasteiger partial charge is 0.0518 e. The Morgan fingerprint density at radius 2 is 1.74 bits per heavy atom. The fourth-order valence-corrected chi connectivity index (χ4v) is 1.70. The van der Waals surface area contributed by atoms with E-state index in [1.54, 1.807) is 0 Å². The maximum atomic E-state index is 6.88. The van der Waals surface area contributed by atoms with Crippen molar-refractivity contribution in [2.24, 2.45) is 5.92 Å². The van der Waals surface area contributed by atoms with E-state index in [-0.39, 0.29) is 32.7 Å². The number of likely N-dealkylation sites (tertiary alicyclic amines) is 1. The summed E-state index contributed by atoms with van der Waals surface area (Å²) < 4.78 is 5.33. The van der Waals surface area contributed by atoms with Crippen LogP contribution in [0.2, 0.25) is 0 Å². The van der Waals surface area contributed by atoms with Crippen molar-refractivity contribution in [1.82, 2.24) is 4.90 Å². The molecule has 0 atom stereocenters. The molecule has 1 fully saturated rings. The number of hydrogen-bond acceptors (Lipinski definition) is 2. The fourth-order valence-electron chi connectivity index (χ4n) is 1.70. The van der Waals surface area contributed by atoms with Crippen LogP contribution in [0.25, 0.3) is 5.73 Å². The van der Waals surface area contributed by atoms with Crippen molar-refractivity contribution in [2.75, 3.05) is 32.8 Å². The SMILES string of the molecule is CC(C)CN1C[CH-]C1.CC(C)OCCCCC[NH-].[Y]. The van der Waals surface area contributed by atoms with Gasteiger partial charge in [-0.2, -0.15) is 6.54 Å². The van der Waals surface area contributed by atoms with E-state index in [1.807, 2.05) is 13.8 Å². The predicted molar refractivity (Wildman–Crippen MR) is 79.7 cm³/mol. The molecule has 1 aliphatic rings. The first-order valence-electron chi connectivity index (χ1n) is 7.36.